The van der Waals surface area contributed by atoms with Gasteiger partial charge in [-0.3, -0.25) is 4.79 Å². The summed E-state index contributed by atoms with van der Waals surface area (Å²) in [6.07, 6.45) is 23.0. The van der Waals surface area contributed by atoms with Crippen molar-refractivity contribution in [2.24, 2.45) is 5.92 Å². The number of carbonyl (C=O) groups is 1. The lowest BCUT2D eigenvalue weighted by Gasteiger charge is -2.28. The molecule has 38 heavy (non-hydrogen) atoms. The Balaban J connectivity index is 2.05. The molecular formula is C35H62O3. The van der Waals surface area contributed by atoms with E-state index >= 15 is 0 Å². The number of hydrogen-bond donors (Lipinski definition) is 2. The van der Waals surface area contributed by atoms with Crippen LogP contribution in [-0.2, 0) is 22.0 Å². The van der Waals surface area contributed by atoms with E-state index in [1.54, 1.807) is 0 Å². The molecule has 0 fully saturated rings. The Hall–Kier alpha value is -1.51. The Bertz CT molecular complexity index is 746. The number of phenols is 1. The molecule has 3 heteroatoms. The lowest BCUT2D eigenvalue weighted by Crippen LogP contribution is -2.18. The molecule has 1 unspecified atom stereocenters. The largest absolute Gasteiger partial charge is 0.507 e. The molecule has 3 nitrogen and oxygen atoms in total. The average molecular weight is 531 g/mol. The van der Waals surface area contributed by atoms with Gasteiger partial charge < -0.3 is 10.2 Å². The fraction of sp³-hybridized carbons (Fsp3) is 0.800. The Labute approximate surface area is 236 Å². The van der Waals surface area contributed by atoms with Crippen LogP contribution < -0.4 is 0 Å². The van der Waals surface area contributed by atoms with Crippen LogP contribution in [0.25, 0.3) is 0 Å². The number of phenolic OH excluding ortho intramolecular Hbond substituents is 1. The summed E-state index contributed by atoms with van der Waals surface area (Å²) in [6, 6.07) is 4.49. The van der Waals surface area contributed by atoms with Crippen LogP contribution in [0, 0.1) is 5.92 Å². The van der Waals surface area contributed by atoms with E-state index in [0.29, 0.717) is 5.75 Å². The molecule has 0 aliphatic rings. The molecule has 0 saturated carbocycles. The minimum absolute atomic E-state index is 0.0510. The summed E-state index contributed by atoms with van der Waals surface area (Å²) in [5.74, 6) is -0.350. The molecule has 0 spiro atoms. The molecule has 0 saturated heterocycles. The molecule has 1 aromatic carbocycles. The van der Waals surface area contributed by atoms with Gasteiger partial charge >= 0.3 is 5.97 Å². The number of aryl methyl sites for hydroxylation is 1. The van der Waals surface area contributed by atoms with Gasteiger partial charge in [0.1, 0.15) is 5.75 Å². The predicted octanol–water partition coefficient (Wildman–Crippen LogP) is 10.9. The normalized spacial score (nSPS) is 13.1. The van der Waals surface area contributed by atoms with Crippen LogP contribution in [0.2, 0.25) is 0 Å². The minimum Gasteiger partial charge on any atom is -0.507 e. The van der Waals surface area contributed by atoms with E-state index in [4.69, 9.17) is 5.11 Å². The number of hydrogen-bond acceptors (Lipinski definition) is 2. The first-order chi connectivity index (χ1) is 17.8. The van der Waals surface area contributed by atoms with Crippen LogP contribution >= 0.6 is 0 Å². The second-order valence-electron chi connectivity index (χ2n) is 14.0. The fourth-order valence-electron chi connectivity index (χ4n) is 5.36. The van der Waals surface area contributed by atoms with Crippen LogP contribution in [0.1, 0.15) is 174 Å². The monoisotopic (exact) mass is 530 g/mol. The van der Waals surface area contributed by atoms with E-state index in [2.05, 4.69) is 53.7 Å². The number of aliphatic carboxylic acids is 1. The highest BCUT2D eigenvalue weighted by Gasteiger charge is 2.26. The van der Waals surface area contributed by atoms with Crippen molar-refractivity contribution in [1.29, 1.82) is 0 Å². The van der Waals surface area contributed by atoms with Crippen LogP contribution in [-0.4, -0.2) is 16.2 Å². The maximum Gasteiger partial charge on any atom is 0.306 e. The summed E-state index contributed by atoms with van der Waals surface area (Å²) in [5.41, 5.74) is 3.44. The van der Waals surface area contributed by atoms with E-state index in [1.165, 1.54) is 102 Å². The van der Waals surface area contributed by atoms with Gasteiger partial charge in [0.2, 0.25) is 0 Å². The number of benzene rings is 1. The quantitative estimate of drug-likeness (QED) is 0.165. The number of unbranched alkanes of at least 4 members (excludes halogenated alkanes) is 15. The third-order valence-electron chi connectivity index (χ3n) is 8.06. The van der Waals surface area contributed by atoms with E-state index in [9.17, 15) is 9.90 Å². The number of rotatable bonds is 20. The van der Waals surface area contributed by atoms with Crippen LogP contribution in [0.3, 0.4) is 0 Å². The zero-order valence-electron chi connectivity index (χ0n) is 26.3. The molecule has 0 aliphatic heterocycles. The summed E-state index contributed by atoms with van der Waals surface area (Å²) < 4.78 is 0. The first-order valence-corrected chi connectivity index (χ1v) is 15.9. The number of carboxylic acids is 1. The average Bonchev–Trinajstić information content (AvgIpc) is 2.82. The van der Waals surface area contributed by atoms with Crippen molar-refractivity contribution in [3.63, 3.8) is 0 Å². The first-order valence-electron chi connectivity index (χ1n) is 15.9. The lowest BCUT2D eigenvalue weighted by atomic mass is 9.78. The van der Waals surface area contributed by atoms with Gasteiger partial charge in [0.25, 0.3) is 0 Å². The number of aromatic hydroxyl groups is 1. The van der Waals surface area contributed by atoms with Gasteiger partial charge in [0.05, 0.1) is 5.92 Å². The Morgan fingerprint density at radius 2 is 0.947 bits per heavy atom. The van der Waals surface area contributed by atoms with Crippen molar-refractivity contribution in [2.75, 3.05) is 0 Å². The summed E-state index contributed by atoms with van der Waals surface area (Å²) in [6.45, 7) is 15.0. The molecule has 1 rings (SSSR count). The van der Waals surface area contributed by atoms with Crippen molar-refractivity contribution >= 4 is 5.97 Å². The summed E-state index contributed by atoms with van der Waals surface area (Å²) in [5, 5.41) is 19.8. The standard InChI is InChI=1S/C35H62O3/c1-28(33(37)38)24-22-20-18-16-14-12-10-8-9-11-13-15-17-19-21-23-25-29-26-30(34(2,3)4)32(36)31(27-29)35(5,6)7/h26-28,36H,8-25H2,1-7H3,(H,37,38). The predicted molar refractivity (Wildman–Crippen MR) is 164 cm³/mol. The van der Waals surface area contributed by atoms with Gasteiger partial charge in [-0.2, -0.15) is 0 Å². The molecule has 0 aliphatic carbocycles. The smallest absolute Gasteiger partial charge is 0.306 e. The summed E-state index contributed by atoms with van der Waals surface area (Å²) >= 11 is 0. The fourth-order valence-corrected chi connectivity index (χ4v) is 5.36. The maximum atomic E-state index is 10.9. The highest BCUT2D eigenvalue weighted by Crippen LogP contribution is 2.40. The molecule has 0 amide bonds. The van der Waals surface area contributed by atoms with Gasteiger partial charge in [-0.1, -0.05) is 157 Å². The van der Waals surface area contributed by atoms with Crippen LogP contribution in [0.5, 0.6) is 5.75 Å². The number of carboxylic acid groups (broad SMARTS) is 1. The maximum absolute atomic E-state index is 10.9. The summed E-state index contributed by atoms with van der Waals surface area (Å²) in [7, 11) is 0. The van der Waals surface area contributed by atoms with Crippen LogP contribution in [0.4, 0.5) is 0 Å². The van der Waals surface area contributed by atoms with Gasteiger partial charge in [-0.15, -0.1) is 0 Å². The van der Waals surface area contributed by atoms with Crippen LogP contribution in [0.15, 0.2) is 12.1 Å². The Morgan fingerprint density at radius 1 is 0.632 bits per heavy atom. The van der Waals surface area contributed by atoms with Gasteiger partial charge in [-0.05, 0) is 46.8 Å². The van der Waals surface area contributed by atoms with Crippen molar-refractivity contribution in [2.45, 2.75) is 175 Å². The minimum atomic E-state index is -0.656. The van der Waals surface area contributed by atoms with Crippen molar-refractivity contribution in [3.05, 3.63) is 28.8 Å². The second kappa shape index (κ2) is 18.0. The van der Waals surface area contributed by atoms with E-state index in [0.717, 1.165) is 30.4 Å². The highest BCUT2D eigenvalue weighted by molar-refractivity contribution is 5.69. The van der Waals surface area contributed by atoms with Crippen molar-refractivity contribution in [1.82, 2.24) is 0 Å². The zero-order chi connectivity index (χ0) is 28.6. The molecule has 1 aromatic rings. The third kappa shape index (κ3) is 14.6. The summed E-state index contributed by atoms with van der Waals surface area (Å²) in [4.78, 5) is 10.8. The molecule has 2 N–H and O–H groups in total. The molecule has 1 atom stereocenters. The van der Waals surface area contributed by atoms with E-state index in [-0.39, 0.29) is 16.7 Å². The van der Waals surface area contributed by atoms with Crippen molar-refractivity contribution in [3.8, 4) is 5.75 Å². The van der Waals surface area contributed by atoms with Gasteiger partial charge in [0.15, 0.2) is 0 Å². The highest BCUT2D eigenvalue weighted by atomic mass is 16.4. The topological polar surface area (TPSA) is 57.5 Å². The van der Waals surface area contributed by atoms with E-state index in [1.807, 2.05) is 6.92 Å². The molecule has 220 valence electrons. The molecule has 0 radical (unpaired) electrons. The van der Waals surface area contributed by atoms with E-state index < -0.39 is 5.97 Å². The molecule has 0 heterocycles. The Morgan fingerprint density at radius 3 is 1.26 bits per heavy atom. The Kier molecular flexibility index (Phi) is 16.3. The van der Waals surface area contributed by atoms with Gasteiger partial charge in [0, 0.05) is 0 Å². The molecular weight excluding hydrogens is 468 g/mol. The second-order valence-corrected chi connectivity index (χ2v) is 14.0. The van der Waals surface area contributed by atoms with Gasteiger partial charge in [-0.25, -0.2) is 0 Å². The van der Waals surface area contributed by atoms with Crippen molar-refractivity contribution < 1.29 is 15.0 Å². The SMILES string of the molecule is CC(CCCCCCCCCCCCCCCCCCc1cc(C(C)(C)C)c(O)c(C(C)(C)C)c1)C(=O)O. The first kappa shape index (κ1) is 34.5. The molecule has 0 bridgehead atoms. The zero-order valence-corrected chi connectivity index (χ0v) is 26.3. The molecule has 0 aromatic heterocycles. The lowest BCUT2D eigenvalue weighted by molar-refractivity contribution is -0.141. The third-order valence-corrected chi connectivity index (χ3v) is 8.06.